The fourth-order valence-electron chi connectivity index (χ4n) is 3.84. The van der Waals surface area contributed by atoms with Crippen LogP contribution in [0.3, 0.4) is 0 Å². The molecule has 190 valence electrons. The van der Waals surface area contributed by atoms with Crippen LogP contribution in [-0.2, 0) is 13.0 Å². The van der Waals surface area contributed by atoms with Crippen molar-refractivity contribution in [2.45, 2.75) is 31.2 Å². The maximum Gasteiger partial charge on any atom is 0.364 e. The lowest BCUT2D eigenvalue weighted by Gasteiger charge is -2.06. The van der Waals surface area contributed by atoms with Crippen LogP contribution in [0, 0.1) is 0 Å². The molecule has 0 aliphatic carbocycles. The number of aryl methyl sites for hydroxylation is 2. The summed E-state index contributed by atoms with van der Waals surface area (Å²) in [6.07, 6.45) is 1.57. The number of nitrogens with zero attached hydrogens (tertiary/aromatic N) is 3. The van der Waals surface area contributed by atoms with Crippen molar-refractivity contribution in [1.29, 1.82) is 0 Å². The lowest BCUT2D eigenvalue weighted by Crippen LogP contribution is -2.05. The van der Waals surface area contributed by atoms with Crippen molar-refractivity contribution >= 4 is 57.6 Å². The number of azo groups is 1. The number of aromatic hydroxyl groups is 1. The van der Waals surface area contributed by atoms with Gasteiger partial charge < -0.3 is 20.1 Å². The second-order valence-corrected chi connectivity index (χ2v) is 9.79. The number of carbonyl (C=O) groups is 2. The van der Waals surface area contributed by atoms with Gasteiger partial charge in [0.2, 0.25) is 5.88 Å². The monoisotopic (exact) mass is 536 g/mol. The smallest absolute Gasteiger partial charge is 0.364 e. The number of carboxylic acids is 1. The van der Waals surface area contributed by atoms with Crippen LogP contribution in [0.2, 0.25) is 5.02 Å². The van der Waals surface area contributed by atoms with Crippen LogP contribution in [0.4, 0.5) is 16.2 Å². The third-order valence-corrected chi connectivity index (χ3v) is 6.97. The molecule has 4 rings (SSSR count). The predicted octanol–water partition coefficient (Wildman–Crippen LogP) is 7.76. The molecule has 0 aliphatic rings. The van der Waals surface area contributed by atoms with Crippen LogP contribution in [0.15, 0.2) is 81.9 Å². The minimum atomic E-state index is -0.943. The molecule has 1 heterocycles. The number of aromatic carboxylic acids is 1. The van der Waals surface area contributed by atoms with E-state index in [-0.39, 0.29) is 17.1 Å². The standard InChI is InChI=1S/C27H25ClN4O4S/c1-2-14-32-23-12-11-19(37-15-13-17-7-9-18(10-8-17)26(34)35)16-20(23)24(25(32)33)30-31-27(36)29-22-6-4-3-5-21(22)28/h3-12,16,33H,2,13-15H2,1H3,(H,29,36)(H,34,35). The van der Waals surface area contributed by atoms with Gasteiger partial charge in [0.1, 0.15) is 0 Å². The van der Waals surface area contributed by atoms with Crippen molar-refractivity contribution in [2.75, 3.05) is 11.1 Å². The molecule has 0 fully saturated rings. The van der Waals surface area contributed by atoms with Gasteiger partial charge in [-0.25, -0.2) is 9.59 Å². The fraction of sp³-hybridized carbons (Fsp3) is 0.185. The van der Waals surface area contributed by atoms with Crippen LogP contribution in [0.5, 0.6) is 5.88 Å². The highest BCUT2D eigenvalue weighted by Gasteiger charge is 2.17. The van der Waals surface area contributed by atoms with E-state index in [0.29, 0.717) is 22.6 Å². The van der Waals surface area contributed by atoms with Crippen molar-refractivity contribution in [1.82, 2.24) is 4.57 Å². The van der Waals surface area contributed by atoms with Gasteiger partial charge in [-0.3, -0.25) is 0 Å². The van der Waals surface area contributed by atoms with E-state index in [2.05, 4.69) is 15.5 Å². The van der Waals surface area contributed by atoms with Crippen LogP contribution < -0.4 is 5.32 Å². The average Bonchev–Trinajstić information content (AvgIpc) is 3.14. The highest BCUT2D eigenvalue weighted by Crippen LogP contribution is 2.41. The number of amides is 2. The summed E-state index contributed by atoms with van der Waals surface area (Å²) >= 11 is 7.72. The maximum absolute atomic E-state index is 12.4. The largest absolute Gasteiger partial charge is 0.493 e. The summed E-state index contributed by atoms with van der Waals surface area (Å²) in [6.45, 7) is 2.60. The molecule has 0 saturated heterocycles. The molecule has 8 nitrogen and oxygen atoms in total. The van der Waals surface area contributed by atoms with Gasteiger partial charge in [0.05, 0.1) is 21.8 Å². The molecule has 37 heavy (non-hydrogen) atoms. The summed E-state index contributed by atoms with van der Waals surface area (Å²) in [5.74, 6) is -0.218. The summed E-state index contributed by atoms with van der Waals surface area (Å²) in [5, 5.41) is 31.4. The van der Waals surface area contributed by atoms with E-state index in [1.165, 1.54) is 0 Å². The summed E-state index contributed by atoms with van der Waals surface area (Å²) in [6, 6.07) is 18.8. The molecule has 0 saturated carbocycles. The van der Waals surface area contributed by atoms with E-state index in [1.807, 2.05) is 37.3 Å². The molecular formula is C27H25ClN4O4S. The first-order valence-corrected chi connectivity index (χ1v) is 13.0. The molecule has 0 aliphatic heterocycles. The highest BCUT2D eigenvalue weighted by molar-refractivity contribution is 7.99. The van der Waals surface area contributed by atoms with Crippen molar-refractivity contribution in [3.8, 4) is 5.88 Å². The summed E-state index contributed by atoms with van der Waals surface area (Å²) in [7, 11) is 0. The predicted molar refractivity (Wildman–Crippen MR) is 147 cm³/mol. The molecule has 0 radical (unpaired) electrons. The van der Waals surface area contributed by atoms with Gasteiger partial charge >= 0.3 is 12.0 Å². The van der Waals surface area contributed by atoms with Crippen molar-refractivity contribution in [3.63, 3.8) is 0 Å². The summed E-state index contributed by atoms with van der Waals surface area (Å²) < 4.78 is 1.76. The number of rotatable bonds is 9. The molecule has 0 bridgehead atoms. The topological polar surface area (TPSA) is 116 Å². The zero-order valence-corrected chi connectivity index (χ0v) is 21.6. The first-order valence-electron chi connectivity index (χ1n) is 11.6. The van der Waals surface area contributed by atoms with Gasteiger partial charge in [-0.2, -0.15) is 0 Å². The van der Waals surface area contributed by atoms with E-state index in [9.17, 15) is 14.7 Å². The lowest BCUT2D eigenvalue weighted by atomic mass is 10.1. The maximum atomic E-state index is 12.4. The highest BCUT2D eigenvalue weighted by atomic mass is 35.5. The number of benzene rings is 3. The van der Waals surface area contributed by atoms with Crippen LogP contribution in [0.1, 0.15) is 29.3 Å². The number of anilines is 1. The zero-order valence-electron chi connectivity index (χ0n) is 20.0. The van der Waals surface area contributed by atoms with E-state index in [0.717, 1.165) is 34.6 Å². The van der Waals surface area contributed by atoms with E-state index < -0.39 is 12.0 Å². The van der Waals surface area contributed by atoms with Gasteiger partial charge in [0, 0.05) is 22.6 Å². The Morgan fingerprint density at radius 2 is 1.84 bits per heavy atom. The molecular weight excluding hydrogens is 512 g/mol. The van der Waals surface area contributed by atoms with Gasteiger partial charge in [-0.05, 0) is 60.9 Å². The first kappa shape index (κ1) is 26.2. The van der Waals surface area contributed by atoms with Gasteiger partial charge in [-0.1, -0.05) is 47.9 Å². The minimum Gasteiger partial charge on any atom is -0.493 e. The third kappa shape index (κ3) is 6.31. The van der Waals surface area contributed by atoms with Crippen LogP contribution in [0.25, 0.3) is 10.9 Å². The number of nitrogens with one attached hydrogen (secondary N) is 1. The summed E-state index contributed by atoms with van der Waals surface area (Å²) in [5.41, 5.74) is 2.75. The van der Waals surface area contributed by atoms with Gasteiger partial charge in [0.25, 0.3) is 0 Å². The minimum absolute atomic E-state index is 0.0492. The Labute approximate surface area is 223 Å². The van der Waals surface area contributed by atoms with E-state index in [4.69, 9.17) is 16.7 Å². The Balaban J connectivity index is 1.53. The number of hydrogen-bond acceptors (Lipinski definition) is 5. The van der Waals surface area contributed by atoms with E-state index >= 15 is 0 Å². The van der Waals surface area contributed by atoms with E-state index in [1.54, 1.807) is 52.7 Å². The molecule has 3 aromatic carbocycles. The number of carbonyl (C=O) groups excluding carboxylic acids is 1. The average molecular weight is 537 g/mol. The zero-order chi connectivity index (χ0) is 26.4. The number of carboxylic acid groups (broad SMARTS) is 1. The Morgan fingerprint density at radius 3 is 2.54 bits per heavy atom. The molecule has 0 atom stereocenters. The number of fused-ring (bicyclic) bond motifs is 1. The number of halogens is 1. The second-order valence-electron chi connectivity index (χ2n) is 8.21. The van der Waals surface area contributed by atoms with Gasteiger partial charge in [0.15, 0.2) is 5.69 Å². The van der Waals surface area contributed by atoms with Crippen LogP contribution in [-0.4, -0.2) is 32.5 Å². The number of aromatic nitrogens is 1. The van der Waals surface area contributed by atoms with Crippen molar-refractivity contribution in [3.05, 3.63) is 82.9 Å². The fourth-order valence-corrected chi connectivity index (χ4v) is 4.96. The third-order valence-electron chi connectivity index (χ3n) is 5.65. The van der Waals surface area contributed by atoms with Crippen molar-refractivity contribution < 1.29 is 19.8 Å². The molecule has 0 unspecified atom stereocenters. The van der Waals surface area contributed by atoms with Crippen molar-refractivity contribution in [2.24, 2.45) is 10.2 Å². The number of urea groups is 1. The van der Waals surface area contributed by atoms with Crippen LogP contribution >= 0.6 is 23.4 Å². The molecule has 0 spiro atoms. The number of thioether (sulfide) groups is 1. The van der Waals surface area contributed by atoms with Gasteiger partial charge in [-0.15, -0.1) is 16.9 Å². The molecule has 3 N–H and O–H groups in total. The Morgan fingerprint density at radius 1 is 1.08 bits per heavy atom. The number of hydrogen-bond donors (Lipinski definition) is 3. The first-order chi connectivity index (χ1) is 17.9. The Bertz CT molecular complexity index is 1470. The SMILES string of the molecule is CCCn1c(O)c(N=NC(=O)Nc2ccccc2Cl)c2cc(SCCc3ccc(C(=O)O)cc3)ccc21. The lowest BCUT2D eigenvalue weighted by molar-refractivity contribution is 0.0697. The Hall–Kier alpha value is -3.82. The Kier molecular flexibility index (Phi) is 8.47. The molecule has 2 amide bonds. The quantitative estimate of drug-likeness (QED) is 0.149. The molecule has 4 aromatic rings. The number of para-hydroxylation sites is 1. The molecule has 1 aromatic heterocycles. The second kappa shape index (κ2) is 11.9. The summed E-state index contributed by atoms with van der Waals surface area (Å²) in [4.78, 5) is 24.4. The normalized spacial score (nSPS) is 11.3. The molecule has 10 heteroatoms.